The molecule has 1 aliphatic rings. The van der Waals surface area contributed by atoms with Gasteiger partial charge in [-0.2, -0.15) is 0 Å². The number of hydrogen-bond acceptors (Lipinski definition) is 3. The largest absolute Gasteiger partial charge is 0.481 e. The first-order valence-electron chi connectivity index (χ1n) is 4.95. The SMILES string of the molecule is COC(=O)C1CCCC(C(=O)O)CC1. The molecule has 0 heterocycles. The Hall–Kier alpha value is -1.06. The monoisotopic (exact) mass is 200 g/mol. The first-order valence-corrected chi connectivity index (χ1v) is 4.95. The number of esters is 1. The fraction of sp³-hybridized carbons (Fsp3) is 0.800. The molecule has 0 aromatic heterocycles. The molecule has 2 atom stereocenters. The van der Waals surface area contributed by atoms with Crippen molar-refractivity contribution in [3.05, 3.63) is 0 Å². The first kappa shape index (κ1) is 11.0. The number of carbonyl (C=O) groups is 2. The van der Waals surface area contributed by atoms with Crippen LogP contribution in [0.15, 0.2) is 0 Å². The number of rotatable bonds is 2. The van der Waals surface area contributed by atoms with Crippen LogP contribution in [0.5, 0.6) is 0 Å². The second-order valence-electron chi connectivity index (χ2n) is 3.76. The smallest absolute Gasteiger partial charge is 0.308 e. The number of carboxylic acid groups (broad SMARTS) is 1. The van der Waals surface area contributed by atoms with E-state index >= 15 is 0 Å². The van der Waals surface area contributed by atoms with Crippen LogP contribution in [0.3, 0.4) is 0 Å². The summed E-state index contributed by atoms with van der Waals surface area (Å²) in [4.78, 5) is 22.0. The minimum Gasteiger partial charge on any atom is -0.481 e. The summed E-state index contributed by atoms with van der Waals surface area (Å²) in [5.74, 6) is -1.31. The quantitative estimate of drug-likeness (QED) is 0.541. The average Bonchev–Trinajstić information content (AvgIpc) is 2.41. The maximum atomic E-state index is 11.2. The third-order valence-electron chi connectivity index (χ3n) is 2.85. The molecule has 1 fully saturated rings. The summed E-state index contributed by atoms with van der Waals surface area (Å²) >= 11 is 0. The summed E-state index contributed by atoms with van der Waals surface area (Å²) in [6, 6.07) is 0. The van der Waals surface area contributed by atoms with Crippen LogP contribution >= 0.6 is 0 Å². The van der Waals surface area contributed by atoms with Gasteiger partial charge in [0.2, 0.25) is 0 Å². The fourth-order valence-electron chi connectivity index (χ4n) is 1.95. The van der Waals surface area contributed by atoms with Gasteiger partial charge in [0.1, 0.15) is 0 Å². The minimum atomic E-state index is -0.740. The van der Waals surface area contributed by atoms with Crippen molar-refractivity contribution < 1.29 is 19.4 Å². The van der Waals surface area contributed by atoms with Crippen LogP contribution in [0, 0.1) is 11.8 Å². The van der Waals surface area contributed by atoms with E-state index in [-0.39, 0.29) is 17.8 Å². The Morgan fingerprint density at radius 3 is 2.29 bits per heavy atom. The molecule has 1 saturated carbocycles. The molecule has 0 aromatic rings. The number of aliphatic carboxylic acids is 1. The molecule has 0 spiro atoms. The average molecular weight is 200 g/mol. The Morgan fingerprint density at radius 1 is 1.14 bits per heavy atom. The zero-order chi connectivity index (χ0) is 10.6. The third-order valence-corrected chi connectivity index (χ3v) is 2.85. The summed E-state index contributed by atoms with van der Waals surface area (Å²) < 4.78 is 4.65. The highest BCUT2D eigenvalue weighted by Crippen LogP contribution is 2.28. The van der Waals surface area contributed by atoms with Crippen molar-refractivity contribution in [2.45, 2.75) is 32.1 Å². The molecule has 1 rings (SSSR count). The highest BCUT2D eigenvalue weighted by atomic mass is 16.5. The van der Waals surface area contributed by atoms with Crippen molar-refractivity contribution in [2.24, 2.45) is 11.8 Å². The molecule has 4 nitrogen and oxygen atoms in total. The highest BCUT2D eigenvalue weighted by molar-refractivity contribution is 5.73. The Labute approximate surface area is 83.2 Å². The molecule has 0 radical (unpaired) electrons. The Kier molecular flexibility index (Phi) is 3.92. The van der Waals surface area contributed by atoms with Crippen LogP contribution in [0.25, 0.3) is 0 Å². The Balaban J connectivity index is 2.48. The maximum absolute atomic E-state index is 11.2. The van der Waals surface area contributed by atoms with Gasteiger partial charge in [-0.3, -0.25) is 9.59 Å². The van der Waals surface area contributed by atoms with Gasteiger partial charge in [0.05, 0.1) is 18.9 Å². The second-order valence-corrected chi connectivity index (χ2v) is 3.76. The number of carbonyl (C=O) groups excluding carboxylic acids is 1. The van der Waals surface area contributed by atoms with Gasteiger partial charge in [0, 0.05) is 0 Å². The molecule has 2 unspecified atom stereocenters. The van der Waals surface area contributed by atoms with E-state index in [1.807, 2.05) is 0 Å². The lowest BCUT2D eigenvalue weighted by atomic mass is 9.98. The van der Waals surface area contributed by atoms with Gasteiger partial charge < -0.3 is 9.84 Å². The van der Waals surface area contributed by atoms with Gasteiger partial charge in [0.15, 0.2) is 0 Å². The fourth-order valence-corrected chi connectivity index (χ4v) is 1.95. The predicted molar refractivity (Wildman–Crippen MR) is 49.7 cm³/mol. The zero-order valence-electron chi connectivity index (χ0n) is 8.36. The minimum absolute atomic E-state index is 0.0932. The summed E-state index contributed by atoms with van der Waals surface area (Å²) in [5, 5.41) is 8.83. The molecule has 4 heteroatoms. The van der Waals surface area contributed by atoms with Crippen LogP contribution < -0.4 is 0 Å². The highest BCUT2D eigenvalue weighted by Gasteiger charge is 2.27. The molecule has 80 valence electrons. The van der Waals surface area contributed by atoms with Crippen LogP contribution in [0.2, 0.25) is 0 Å². The number of ether oxygens (including phenoxy) is 1. The summed E-state index contributed by atoms with van der Waals surface area (Å²) in [6.45, 7) is 0. The first-order chi connectivity index (χ1) is 6.65. The van der Waals surface area contributed by atoms with Gasteiger partial charge in [0.25, 0.3) is 0 Å². The molecular formula is C10H16O4. The zero-order valence-corrected chi connectivity index (χ0v) is 8.36. The van der Waals surface area contributed by atoms with E-state index in [0.29, 0.717) is 19.3 Å². The van der Waals surface area contributed by atoms with E-state index in [4.69, 9.17) is 5.11 Å². The van der Waals surface area contributed by atoms with E-state index in [9.17, 15) is 9.59 Å². The van der Waals surface area contributed by atoms with E-state index in [2.05, 4.69) is 4.74 Å². The van der Waals surface area contributed by atoms with E-state index in [1.54, 1.807) is 0 Å². The van der Waals surface area contributed by atoms with Crippen molar-refractivity contribution in [3.63, 3.8) is 0 Å². The third kappa shape index (κ3) is 2.72. The lowest BCUT2D eigenvalue weighted by molar-refractivity contribution is -0.146. The van der Waals surface area contributed by atoms with Crippen LogP contribution in [0.1, 0.15) is 32.1 Å². The summed E-state index contributed by atoms with van der Waals surface area (Å²) in [6.07, 6.45) is 3.48. The molecular weight excluding hydrogens is 184 g/mol. The van der Waals surface area contributed by atoms with Gasteiger partial charge in [-0.1, -0.05) is 6.42 Å². The number of methoxy groups -OCH3 is 1. The van der Waals surface area contributed by atoms with Gasteiger partial charge in [-0.05, 0) is 25.7 Å². The van der Waals surface area contributed by atoms with Crippen LogP contribution in [-0.4, -0.2) is 24.2 Å². The van der Waals surface area contributed by atoms with Crippen LogP contribution in [-0.2, 0) is 14.3 Å². The molecule has 0 aromatic carbocycles. The molecule has 14 heavy (non-hydrogen) atoms. The Bertz CT molecular complexity index is 224. The molecule has 1 N–H and O–H groups in total. The van der Waals surface area contributed by atoms with Crippen molar-refractivity contribution in [2.75, 3.05) is 7.11 Å². The van der Waals surface area contributed by atoms with E-state index in [1.165, 1.54) is 7.11 Å². The van der Waals surface area contributed by atoms with E-state index < -0.39 is 5.97 Å². The van der Waals surface area contributed by atoms with Gasteiger partial charge in [-0.25, -0.2) is 0 Å². The second kappa shape index (κ2) is 4.98. The lowest BCUT2D eigenvalue weighted by Crippen LogP contribution is -2.16. The summed E-state index contributed by atoms with van der Waals surface area (Å²) in [7, 11) is 1.38. The Morgan fingerprint density at radius 2 is 1.71 bits per heavy atom. The normalized spacial score (nSPS) is 27.8. The number of carboxylic acids is 1. The molecule has 0 bridgehead atoms. The number of hydrogen-bond donors (Lipinski definition) is 1. The maximum Gasteiger partial charge on any atom is 0.308 e. The van der Waals surface area contributed by atoms with Crippen molar-refractivity contribution in [3.8, 4) is 0 Å². The van der Waals surface area contributed by atoms with Crippen molar-refractivity contribution >= 4 is 11.9 Å². The molecule has 0 saturated heterocycles. The van der Waals surface area contributed by atoms with Crippen molar-refractivity contribution in [1.82, 2.24) is 0 Å². The van der Waals surface area contributed by atoms with Gasteiger partial charge in [-0.15, -0.1) is 0 Å². The molecule has 0 amide bonds. The topological polar surface area (TPSA) is 63.6 Å². The van der Waals surface area contributed by atoms with Crippen LogP contribution in [0.4, 0.5) is 0 Å². The van der Waals surface area contributed by atoms with Crippen molar-refractivity contribution in [1.29, 1.82) is 0 Å². The summed E-state index contributed by atoms with van der Waals surface area (Å²) in [5.41, 5.74) is 0. The molecule has 1 aliphatic carbocycles. The van der Waals surface area contributed by atoms with Gasteiger partial charge >= 0.3 is 11.9 Å². The van der Waals surface area contributed by atoms with E-state index in [0.717, 1.165) is 12.8 Å². The molecule has 0 aliphatic heterocycles. The predicted octanol–water partition coefficient (Wildman–Crippen LogP) is 1.44. The lowest BCUT2D eigenvalue weighted by Gasteiger charge is -2.10. The standard InChI is InChI=1S/C10H16O4/c1-14-10(13)8-4-2-3-7(5-6-8)9(11)12/h7-8H,2-6H2,1H3,(H,11,12).